The Morgan fingerprint density at radius 1 is 1.00 bits per heavy atom. The van der Waals surface area contributed by atoms with E-state index in [1.807, 2.05) is 24.3 Å². The standard InChI is InChI=1S/C24H29FN4OS/c1-18-6-12-22(13-7-18)30-16-17-31-24-27-26-23(19(2)28-14-4-3-5-15-28)29(24)21-10-8-20(25)9-11-21/h6-13,19H,3-5,14-17H2,1-2H3. The van der Waals surface area contributed by atoms with Crippen LogP contribution < -0.4 is 4.74 Å². The summed E-state index contributed by atoms with van der Waals surface area (Å²) in [6, 6.07) is 14.8. The average molecular weight is 441 g/mol. The molecule has 7 heteroatoms. The number of ether oxygens (including phenoxy) is 1. The van der Waals surface area contributed by atoms with Crippen LogP contribution in [0.25, 0.3) is 5.69 Å². The molecule has 0 spiro atoms. The molecule has 2 heterocycles. The minimum Gasteiger partial charge on any atom is -0.493 e. The van der Waals surface area contributed by atoms with Crippen molar-refractivity contribution in [2.24, 2.45) is 0 Å². The lowest BCUT2D eigenvalue weighted by Crippen LogP contribution is -2.33. The second-order valence-corrected chi connectivity index (χ2v) is 9.00. The first kappa shape index (κ1) is 21.8. The summed E-state index contributed by atoms with van der Waals surface area (Å²) in [6.45, 7) is 6.96. The van der Waals surface area contributed by atoms with Gasteiger partial charge in [-0.3, -0.25) is 9.47 Å². The third kappa shape index (κ3) is 5.46. The fourth-order valence-electron chi connectivity index (χ4n) is 3.87. The van der Waals surface area contributed by atoms with Gasteiger partial charge < -0.3 is 4.74 Å². The molecule has 3 aromatic rings. The Labute approximate surface area is 187 Å². The first-order valence-corrected chi connectivity index (χ1v) is 11.9. The molecule has 0 amide bonds. The Hall–Kier alpha value is -2.38. The zero-order chi connectivity index (χ0) is 21.6. The smallest absolute Gasteiger partial charge is 0.196 e. The molecular weight excluding hydrogens is 411 g/mol. The van der Waals surface area contributed by atoms with E-state index in [2.05, 4.69) is 33.5 Å². The number of nitrogens with zero attached hydrogens (tertiary/aromatic N) is 4. The highest BCUT2D eigenvalue weighted by atomic mass is 32.2. The molecular formula is C24H29FN4OS. The van der Waals surface area contributed by atoms with Crippen molar-refractivity contribution in [1.82, 2.24) is 19.7 Å². The monoisotopic (exact) mass is 440 g/mol. The number of halogens is 1. The number of benzene rings is 2. The van der Waals surface area contributed by atoms with E-state index >= 15 is 0 Å². The van der Waals surface area contributed by atoms with Crippen LogP contribution in [0.1, 0.15) is 43.6 Å². The van der Waals surface area contributed by atoms with Crippen molar-refractivity contribution in [2.45, 2.75) is 44.3 Å². The second kappa shape index (κ2) is 10.3. The van der Waals surface area contributed by atoms with E-state index < -0.39 is 0 Å². The first-order chi connectivity index (χ1) is 15.1. The molecule has 0 N–H and O–H groups in total. The van der Waals surface area contributed by atoms with E-state index in [-0.39, 0.29) is 11.9 Å². The second-order valence-electron chi connectivity index (χ2n) is 7.94. The van der Waals surface area contributed by atoms with E-state index in [4.69, 9.17) is 4.74 Å². The zero-order valence-electron chi connectivity index (χ0n) is 18.1. The lowest BCUT2D eigenvalue weighted by Gasteiger charge is -2.31. The Bertz CT molecular complexity index is 968. The molecule has 0 bridgehead atoms. The Morgan fingerprint density at radius 3 is 2.42 bits per heavy atom. The molecule has 1 aliphatic rings. The van der Waals surface area contributed by atoms with Crippen molar-refractivity contribution in [3.8, 4) is 11.4 Å². The normalized spacial score (nSPS) is 15.7. The largest absolute Gasteiger partial charge is 0.493 e. The summed E-state index contributed by atoms with van der Waals surface area (Å²) >= 11 is 1.61. The third-order valence-corrected chi connectivity index (χ3v) is 6.55. The topological polar surface area (TPSA) is 43.2 Å². The summed E-state index contributed by atoms with van der Waals surface area (Å²) in [5.41, 5.74) is 2.09. The number of rotatable bonds is 8. The van der Waals surface area contributed by atoms with Crippen LogP contribution in [0.3, 0.4) is 0 Å². The number of aryl methyl sites for hydroxylation is 1. The van der Waals surface area contributed by atoms with Crippen LogP contribution >= 0.6 is 11.8 Å². The fourth-order valence-corrected chi connectivity index (χ4v) is 4.65. The van der Waals surface area contributed by atoms with Crippen LogP contribution in [0.2, 0.25) is 0 Å². The number of aromatic nitrogens is 3. The third-order valence-electron chi connectivity index (χ3n) is 5.66. The van der Waals surface area contributed by atoms with E-state index in [1.54, 1.807) is 23.9 Å². The first-order valence-electron chi connectivity index (χ1n) is 10.9. The Kier molecular flexibility index (Phi) is 7.25. The minimum atomic E-state index is -0.247. The number of hydrogen-bond donors (Lipinski definition) is 0. The Morgan fingerprint density at radius 2 is 1.71 bits per heavy atom. The summed E-state index contributed by atoms with van der Waals surface area (Å²) < 4.78 is 21.5. The quantitative estimate of drug-likeness (QED) is 0.345. The lowest BCUT2D eigenvalue weighted by molar-refractivity contribution is 0.167. The molecule has 1 atom stereocenters. The summed E-state index contributed by atoms with van der Waals surface area (Å²) in [7, 11) is 0. The van der Waals surface area contributed by atoms with Crippen LogP contribution in [-0.4, -0.2) is 45.1 Å². The zero-order valence-corrected chi connectivity index (χ0v) is 18.9. The van der Waals surface area contributed by atoms with E-state index in [9.17, 15) is 4.39 Å². The number of thioether (sulfide) groups is 1. The van der Waals surface area contributed by atoms with Gasteiger partial charge in [0.15, 0.2) is 11.0 Å². The van der Waals surface area contributed by atoms with Crippen LogP contribution in [-0.2, 0) is 0 Å². The lowest BCUT2D eigenvalue weighted by atomic mass is 10.1. The van der Waals surface area contributed by atoms with Crippen molar-refractivity contribution >= 4 is 11.8 Å². The number of hydrogen-bond acceptors (Lipinski definition) is 5. The van der Waals surface area contributed by atoms with Gasteiger partial charge in [0.25, 0.3) is 0 Å². The molecule has 31 heavy (non-hydrogen) atoms. The predicted octanol–water partition coefficient (Wildman–Crippen LogP) is 5.43. The predicted molar refractivity (Wildman–Crippen MR) is 123 cm³/mol. The highest BCUT2D eigenvalue weighted by Gasteiger charge is 2.25. The van der Waals surface area contributed by atoms with Gasteiger partial charge in [-0.15, -0.1) is 10.2 Å². The summed E-state index contributed by atoms with van der Waals surface area (Å²) in [6.07, 6.45) is 3.72. The van der Waals surface area contributed by atoms with Crippen LogP contribution in [0, 0.1) is 12.7 Å². The van der Waals surface area contributed by atoms with Gasteiger partial charge in [-0.05, 0) is 76.2 Å². The molecule has 4 rings (SSSR count). The van der Waals surface area contributed by atoms with Crippen LogP contribution in [0.4, 0.5) is 4.39 Å². The van der Waals surface area contributed by atoms with Gasteiger partial charge in [0.2, 0.25) is 0 Å². The van der Waals surface area contributed by atoms with Crippen molar-refractivity contribution in [1.29, 1.82) is 0 Å². The van der Waals surface area contributed by atoms with Gasteiger partial charge in [0.05, 0.1) is 12.6 Å². The van der Waals surface area contributed by atoms with Crippen LogP contribution in [0.5, 0.6) is 5.75 Å². The molecule has 1 saturated heterocycles. The maximum atomic E-state index is 13.5. The molecule has 1 unspecified atom stereocenters. The molecule has 0 aliphatic carbocycles. The minimum absolute atomic E-state index is 0.149. The number of likely N-dealkylation sites (tertiary alicyclic amines) is 1. The maximum absolute atomic E-state index is 13.5. The molecule has 0 saturated carbocycles. The number of piperidine rings is 1. The van der Waals surface area contributed by atoms with E-state index in [0.29, 0.717) is 6.61 Å². The van der Waals surface area contributed by atoms with Gasteiger partial charge in [-0.1, -0.05) is 35.9 Å². The molecule has 2 aromatic carbocycles. The summed E-state index contributed by atoms with van der Waals surface area (Å²) in [5.74, 6) is 2.26. The molecule has 1 fully saturated rings. The van der Waals surface area contributed by atoms with Gasteiger partial charge >= 0.3 is 0 Å². The van der Waals surface area contributed by atoms with Crippen LogP contribution in [0.15, 0.2) is 53.7 Å². The Balaban J connectivity index is 1.50. The molecule has 0 radical (unpaired) electrons. The molecule has 1 aromatic heterocycles. The van der Waals surface area contributed by atoms with Gasteiger partial charge in [0, 0.05) is 11.4 Å². The van der Waals surface area contributed by atoms with Crippen molar-refractivity contribution < 1.29 is 9.13 Å². The molecule has 5 nitrogen and oxygen atoms in total. The summed E-state index contributed by atoms with van der Waals surface area (Å²) in [4.78, 5) is 2.46. The highest BCUT2D eigenvalue weighted by Crippen LogP contribution is 2.29. The average Bonchev–Trinajstić information content (AvgIpc) is 3.22. The van der Waals surface area contributed by atoms with Gasteiger partial charge in [-0.2, -0.15) is 0 Å². The fraction of sp³-hybridized carbons (Fsp3) is 0.417. The van der Waals surface area contributed by atoms with Gasteiger partial charge in [-0.25, -0.2) is 4.39 Å². The van der Waals surface area contributed by atoms with Crippen molar-refractivity contribution in [2.75, 3.05) is 25.4 Å². The van der Waals surface area contributed by atoms with Gasteiger partial charge in [0.1, 0.15) is 11.6 Å². The highest BCUT2D eigenvalue weighted by molar-refractivity contribution is 7.99. The molecule has 1 aliphatic heterocycles. The maximum Gasteiger partial charge on any atom is 0.196 e. The SMILES string of the molecule is Cc1ccc(OCCSc2nnc(C(C)N3CCCCC3)n2-c2ccc(F)cc2)cc1. The summed E-state index contributed by atoms with van der Waals surface area (Å²) in [5, 5.41) is 9.84. The molecule has 164 valence electrons. The van der Waals surface area contributed by atoms with Crippen molar-refractivity contribution in [3.63, 3.8) is 0 Å². The van der Waals surface area contributed by atoms with E-state index in [0.717, 1.165) is 41.3 Å². The van der Waals surface area contributed by atoms with E-state index in [1.165, 1.54) is 37.0 Å². The van der Waals surface area contributed by atoms with Crippen molar-refractivity contribution in [3.05, 3.63) is 65.7 Å².